The molecule has 0 aliphatic rings. The van der Waals surface area contributed by atoms with E-state index in [4.69, 9.17) is 14.0 Å². The molecule has 0 spiro atoms. The minimum absolute atomic E-state index is 0.214. The summed E-state index contributed by atoms with van der Waals surface area (Å²) in [4.78, 5) is 16.3. The zero-order valence-corrected chi connectivity index (χ0v) is 12.9. The van der Waals surface area contributed by atoms with Gasteiger partial charge in [0.1, 0.15) is 12.0 Å². The molecule has 0 bridgehead atoms. The van der Waals surface area contributed by atoms with Crippen LogP contribution in [0.1, 0.15) is 64.3 Å². The Morgan fingerprint density at radius 3 is 2.55 bits per heavy atom. The number of esters is 1. The van der Waals surface area contributed by atoms with Gasteiger partial charge in [-0.05, 0) is 25.7 Å². The first-order valence-electron chi connectivity index (χ1n) is 7.06. The third-order valence-electron chi connectivity index (χ3n) is 2.98. The van der Waals surface area contributed by atoms with E-state index in [1.165, 1.54) is 0 Å². The van der Waals surface area contributed by atoms with Gasteiger partial charge >= 0.3 is 5.97 Å². The van der Waals surface area contributed by atoms with Gasteiger partial charge in [0.05, 0.1) is 6.61 Å². The van der Waals surface area contributed by atoms with E-state index in [1.54, 1.807) is 14.0 Å². The van der Waals surface area contributed by atoms with Gasteiger partial charge in [-0.1, -0.05) is 25.9 Å². The Bertz CT molecular complexity index is 413. The van der Waals surface area contributed by atoms with Crippen LogP contribution in [-0.2, 0) is 14.3 Å². The molecule has 6 nitrogen and oxygen atoms in total. The number of rotatable bonds is 8. The maximum atomic E-state index is 12.0. The fraction of sp³-hybridized carbons (Fsp3) is 0.786. The van der Waals surface area contributed by atoms with E-state index in [1.807, 2.05) is 20.8 Å². The number of aromatic nitrogens is 2. The van der Waals surface area contributed by atoms with Crippen LogP contribution in [0.5, 0.6) is 0 Å². The number of carbonyl (C=O) groups excluding carboxylic acids is 1. The quantitative estimate of drug-likeness (QED) is 0.683. The van der Waals surface area contributed by atoms with Gasteiger partial charge in [0.15, 0.2) is 0 Å². The second-order valence-electron chi connectivity index (χ2n) is 5.06. The summed E-state index contributed by atoms with van der Waals surface area (Å²) in [6, 6.07) is 0. The number of methoxy groups -OCH3 is 1. The monoisotopic (exact) mass is 284 g/mol. The van der Waals surface area contributed by atoms with Crippen LogP contribution in [0, 0.1) is 5.92 Å². The van der Waals surface area contributed by atoms with Gasteiger partial charge in [-0.25, -0.2) is 0 Å². The van der Waals surface area contributed by atoms with Crippen LogP contribution >= 0.6 is 0 Å². The molecular weight excluding hydrogens is 260 g/mol. The van der Waals surface area contributed by atoms with E-state index in [0.717, 1.165) is 6.42 Å². The Labute approximate surface area is 119 Å². The number of ether oxygens (including phenoxy) is 2. The molecule has 2 atom stereocenters. The molecule has 0 N–H and O–H groups in total. The van der Waals surface area contributed by atoms with E-state index < -0.39 is 5.92 Å². The van der Waals surface area contributed by atoms with Crippen molar-refractivity contribution in [3.05, 3.63) is 11.7 Å². The van der Waals surface area contributed by atoms with Crippen molar-refractivity contribution >= 4 is 5.97 Å². The normalized spacial score (nSPS) is 14.3. The summed E-state index contributed by atoms with van der Waals surface area (Å²) in [5, 5.41) is 3.91. The Hall–Kier alpha value is -1.43. The Morgan fingerprint density at radius 2 is 2.05 bits per heavy atom. The summed E-state index contributed by atoms with van der Waals surface area (Å²) in [7, 11) is 1.60. The predicted octanol–water partition coefficient (Wildman–Crippen LogP) is 2.86. The topological polar surface area (TPSA) is 74.5 Å². The summed E-state index contributed by atoms with van der Waals surface area (Å²) >= 11 is 0. The summed E-state index contributed by atoms with van der Waals surface area (Å²) in [5.41, 5.74) is 0. The van der Waals surface area contributed by atoms with E-state index in [0.29, 0.717) is 30.7 Å². The lowest BCUT2D eigenvalue weighted by Gasteiger charge is -2.13. The molecule has 0 amide bonds. The molecule has 1 heterocycles. The van der Waals surface area contributed by atoms with Crippen LogP contribution in [0.15, 0.2) is 4.52 Å². The lowest BCUT2D eigenvalue weighted by atomic mass is 9.97. The molecule has 0 aliphatic heterocycles. The molecule has 0 saturated carbocycles. The third kappa shape index (κ3) is 4.30. The van der Waals surface area contributed by atoms with Crippen molar-refractivity contribution in [1.82, 2.24) is 10.1 Å². The van der Waals surface area contributed by atoms with Gasteiger partial charge in [-0.2, -0.15) is 4.98 Å². The van der Waals surface area contributed by atoms with Crippen LogP contribution in [0.25, 0.3) is 0 Å². The van der Waals surface area contributed by atoms with Crippen molar-refractivity contribution in [3.8, 4) is 0 Å². The molecule has 0 fully saturated rings. The number of carbonyl (C=O) groups is 1. The summed E-state index contributed by atoms with van der Waals surface area (Å²) in [6.07, 6.45) is 1.14. The van der Waals surface area contributed by atoms with E-state index in [-0.39, 0.29) is 12.1 Å². The van der Waals surface area contributed by atoms with E-state index in [2.05, 4.69) is 10.1 Å². The highest BCUT2D eigenvalue weighted by molar-refractivity contribution is 5.76. The Balaban J connectivity index is 2.93. The molecule has 0 saturated heterocycles. The highest BCUT2D eigenvalue weighted by Gasteiger charge is 2.30. The average molecular weight is 284 g/mol. The van der Waals surface area contributed by atoms with Gasteiger partial charge in [0.2, 0.25) is 11.7 Å². The molecule has 1 rings (SSSR count). The van der Waals surface area contributed by atoms with Gasteiger partial charge in [-0.3, -0.25) is 4.79 Å². The van der Waals surface area contributed by atoms with Crippen molar-refractivity contribution in [1.29, 1.82) is 0 Å². The smallest absolute Gasteiger partial charge is 0.318 e. The van der Waals surface area contributed by atoms with Crippen LogP contribution < -0.4 is 0 Å². The van der Waals surface area contributed by atoms with E-state index in [9.17, 15) is 4.79 Å². The van der Waals surface area contributed by atoms with Crippen molar-refractivity contribution < 1.29 is 18.8 Å². The summed E-state index contributed by atoms with van der Waals surface area (Å²) < 4.78 is 15.6. The van der Waals surface area contributed by atoms with Crippen molar-refractivity contribution in [2.75, 3.05) is 13.7 Å². The summed E-state index contributed by atoms with van der Waals surface area (Å²) in [6.45, 7) is 8.16. The zero-order chi connectivity index (χ0) is 15.1. The molecule has 0 radical (unpaired) electrons. The SMILES string of the molecule is CCOC(=O)C(CC(C)C)c1nc(C(CC)OC)no1. The Kier molecular flexibility index (Phi) is 6.64. The third-order valence-corrected chi connectivity index (χ3v) is 2.98. The second-order valence-corrected chi connectivity index (χ2v) is 5.06. The molecule has 1 aromatic heterocycles. The van der Waals surface area contributed by atoms with Crippen molar-refractivity contribution in [3.63, 3.8) is 0 Å². The minimum Gasteiger partial charge on any atom is -0.465 e. The molecule has 0 aliphatic carbocycles. The maximum absolute atomic E-state index is 12.0. The minimum atomic E-state index is -0.509. The largest absolute Gasteiger partial charge is 0.465 e. The van der Waals surface area contributed by atoms with Crippen molar-refractivity contribution in [2.24, 2.45) is 5.92 Å². The van der Waals surface area contributed by atoms with Crippen molar-refractivity contribution in [2.45, 2.75) is 52.6 Å². The highest BCUT2D eigenvalue weighted by Crippen LogP contribution is 2.26. The molecule has 2 unspecified atom stereocenters. The Morgan fingerprint density at radius 1 is 1.35 bits per heavy atom. The van der Waals surface area contributed by atoms with E-state index >= 15 is 0 Å². The van der Waals surface area contributed by atoms with Crippen LogP contribution in [0.4, 0.5) is 0 Å². The van der Waals surface area contributed by atoms with Gasteiger partial charge in [0, 0.05) is 7.11 Å². The number of hydrogen-bond acceptors (Lipinski definition) is 6. The maximum Gasteiger partial charge on any atom is 0.318 e. The zero-order valence-electron chi connectivity index (χ0n) is 12.9. The van der Waals surface area contributed by atoms with Gasteiger partial charge < -0.3 is 14.0 Å². The number of nitrogens with zero attached hydrogens (tertiary/aromatic N) is 2. The first kappa shape index (κ1) is 16.6. The lowest BCUT2D eigenvalue weighted by molar-refractivity contribution is -0.146. The lowest BCUT2D eigenvalue weighted by Crippen LogP contribution is -2.18. The van der Waals surface area contributed by atoms with Gasteiger partial charge in [0.25, 0.3) is 0 Å². The molecule has 1 aromatic rings. The average Bonchev–Trinajstić information content (AvgIpc) is 2.87. The van der Waals surface area contributed by atoms with Crippen LogP contribution in [0.3, 0.4) is 0 Å². The fourth-order valence-corrected chi connectivity index (χ4v) is 1.99. The van der Waals surface area contributed by atoms with Crippen LogP contribution in [0.2, 0.25) is 0 Å². The molecular formula is C14H24N2O4. The molecule has 20 heavy (non-hydrogen) atoms. The standard InChI is InChI=1S/C14H24N2O4/c1-6-11(18-5)12-15-13(20-16-12)10(8-9(3)4)14(17)19-7-2/h9-11H,6-8H2,1-5H3. The molecule has 114 valence electrons. The molecule has 6 heteroatoms. The predicted molar refractivity (Wildman–Crippen MR) is 73.2 cm³/mol. The fourth-order valence-electron chi connectivity index (χ4n) is 1.99. The highest BCUT2D eigenvalue weighted by atomic mass is 16.5. The number of hydrogen-bond donors (Lipinski definition) is 0. The van der Waals surface area contributed by atoms with Crippen LogP contribution in [-0.4, -0.2) is 29.8 Å². The van der Waals surface area contributed by atoms with Gasteiger partial charge in [-0.15, -0.1) is 0 Å². The second kappa shape index (κ2) is 7.99. The first-order chi connectivity index (χ1) is 9.53. The summed E-state index contributed by atoms with van der Waals surface area (Å²) in [5.74, 6) is 0.280. The molecule has 0 aromatic carbocycles. The first-order valence-corrected chi connectivity index (χ1v) is 7.06.